The van der Waals surface area contributed by atoms with Crippen LogP contribution in [0.5, 0.6) is 0 Å². The maximum atomic E-state index is 12.6. The Kier molecular flexibility index (Phi) is 3.91. The first-order valence-corrected chi connectivity index (χ1v) is 4.65. The van der Waals surface area contributed by atoms with Gasteiger partial charge in [0.15, 0.2) is 0 Å². The van der Waals surface area contributed by atoms with Crippen LogP contribution in [0, 0.1) is 0 Å². The van der Waals surface area contributed by atoms with Crippen molar-refractivity contribution < 1.29 is 22.4 Å². The highest BCUT2D eigenvalue weighted by molar-refractivity contribution is 6.30. The van der Waals surface area contributed by atoms with E-state index in [1.807, 2.05) is 0 Å². The summed E-state index contributed by atoms with van der Waals surface area (Å²) < 4.78 is 48.8. The molecule has 0 heterocycles. The summed E-state index contributed by atoms with van der Waals surface area (Å²) >= 11 is 5.54. The highest BCUT2D eigenvalue weighted by Gasteiger charge is 2.47. The Bertz CT molecular complexity index is 375. The van der Waals surface area contributed by atoms with Crippen LogP contribution in [0.1, 0.15) is 5.56 Å². The van der Waals surface area contributed by atoms with Gasteiger partial charge in [0.05, 0.1) is 0 Å². The van der Waals surface area contributed by atoms with Gasteiger partial charge in [0, 0.05) is 11.4 Å². The fourth-order valence-electron chi connectivity index (χ4n) is 1.03. The summed E-state index contributed by atoms with van der Waals surface area (Å²) in [6.45, 7) is 0. The quantitative estimate of drug-likeness (QED) is 0.753. The van der Waals surface area contributed by atoms with E-state index in [2.05, 4.69) is 0 Å². The van der Waals surface area contributed by atoms with Crippen LogP contribution in [-0.4, -0.2) is 18.1 Å². The van der Waals surface area contributed by atoms with E-state index in [1.54, 1.807) is 0 Å². The standard InChI is InChI=1S/C10H7ClF4O/c11-7-3-1-6(2-4-7)5-8(16)10(14,15)9(12)13/h1-4,9H,5H2. The van der Waals surface area contributed by atoms with Crippen molar-refractivity contribution in [1.82, 2.24) is 0 Å². The van der Waals surface area contributed by atoms with E-state index in [4.69, 9.17) is 11.6 Å². The van der Waals surface area contributed by atoms with Gasteiger partial charge < -0.3 is 0 Å². The van der Waals surface area contributed by atoms with Gasteiger partial charge in [-0.25, -0.2) is 8.78 Å². The number of Topliss-reactive ketones (excluding diaryl/α,β-unsaturated/α-hetero) is 1. The summed E-state index contributed by atoms with van der Waals surface area (Å²) in [5.41, 5.74) is 0.217. The van der Waals surface area contributed by atoms with E-state index >= 15 is 0 Å². The smallest absolute Gasteiger partial charge is 0.292 e. The minimum atomic E-state index is -4.60. The van der Waals surface area contributed by atoms with Crippen molar-refractivity contribution in [2.45, 2.75) is 18.8 Å². The number of rotatable bonds is 4. The SMILES string of the molecule is O=C(Cc1ccc(Cl)cc1)C(F)(F)C(F)F. The lowest BCUT2D eigenvalue weighted by atomic mass is 10.1. The first kappa shape index (κ1) is 13.0. The van der Waals surface area contributed by atoms with Gasteiger partial charge in [0.2, 0.25) is 5.78 Å². The van der Waals surface area contributed by atoms with E-state index < -0.39 is 24.6 Å². The highest BCUT2D eigenvalue weighted by atomic mass is 35.5. The van der Waals surface area contributed by atoms with Crippen molar-refractivity contribution in [3.8, 4) is 0 Å². The van der Waals surface area contributed by atoms with E-state index in [1.165, 1.54) is 24.3 Å². The predicted molar refractivity (Wildman–Crippen MR) is 51.1 cm³/mol. The summed E-state index contributed by atoms with van der Waals surface area (Å²) in [4.78, 5) is 10.9. The monoisotopic (exact) mass is 254 g/mol. The van der Waals surface area contributed by atoms with Crippen molar-refractivity contribution in [1.29, 1.82) is 0 Å². The van der Waals surface area contributed by atoms with Crippen LogP contribution < -0.4 is 0 Å². The Morgan fingerprint density at radius 1 is 1.25 bits per heavy atom. The van der Waals surface area contributed by atoms with Crippen LogP contribution in [0.25, 0.3) is 0 Å². The molecule has 0 N–H and O–H groups in total. The molecule has 0 amide bonds. The zero-order valence-electron chi connectivity index (χ0n) is 7.89. The molecule has 0 unspecified atom stereocenters. The van der Waals surface area contributed by atoms with E-state index in [0.717, 1.165) is 0 Å². The lowest BCUT2D eigenvalue weighted by Crippen LogP contribution is -2.37. The molecule has 0 aliphatic rings. The topological polar surface area (TPSA) is 17.1 Å². The molecule has 0 atom stereocenters. The van der Waals surface area contributed by atoms with Crippen LogP contribution in [0.4, 0.5) is 17.6 Å². The molecule has 16 heavy (non-hydrogen) atoms. The van der Waals surface area contributed by atoms with Crippen LogP contribution >= 0.6 is 11.6 Å². The summed E-state index contributed by atoms with van der Waals surface area (Å²) in [5, 5.41) is 0.372. The number of alkyl halides is 4. The normalized spacial score (nSPS) is 11.9. The van der Waals surface area contributed by atoms with E-state index in [-0.39, 0.29) is 5.56 Å². The third kappa shape index (κ3) is 2.95. The second-order valence-electron chi connectivity index (χ2n) is 3.15. The third-order valence-electron chi connectivity index (χ3n) is 1.92. The Labute approximate surface area is 94.0 Å². The number of carbonyl (C=O) groups is 1. The van der Waals surface area contributed by atoms with Crippen molar-refractivity contribution >= 4 is 17.4 Å². The van der Waals surface area contributed by atoms with Crippen molar-refractivity contribution in [3.05, 3.63) is 34.9 Å². The number of hydrogen-bond acceptors (Lipinski definition) is 1. The van der Waals surface area contributed by atoms with Crippen LogP contribution in [0.2, 0.25) is 5.02 Å². The number of benzene rings is 1. The Morgan fingerprint density at radius 3 is 2.19 bits per heavy atom. The van der Waals surface area contributed by atoms with Gasteiger partial charge in [0.1, 0.15) is 0 Å². The zero-order chi connectivity index (χ0) is 12.3. The van der Waals surface area contributed by atoms with Crippen LogP contribution in [0.3, 0.4) is 0 Å². The average Bonchev–Trinajstić information content (AvgIpc) is 2.21. The first-order valence-electron chi connectivity index (χ1n) is 4.27. The number of carbonyl (C=O) groups excluding carboxylic acids is 1. The Hall–Kier alpha value is -1.10. The molecule has 88 valence electrons. The maximum Gasteiger partial charge on any atom is 0.364 e. The highest BCUT2D eigenvalue weighted by Crippen LogP contribution is 2.25. The molecule has 1 aromatic rings. The molecule has 0 fully saturated rings. The molecular formula is C10H7ClF4O. The first-order chi connectivity index (χ1) is 7.34. The second-order valence-corrected chi connectivity index (χ2v) is 3.59. The number of halogens is 5. The molecule has 0 saturated carbocycles. The molecule has 0 bridgehead atoms. The van der Waals surface area contributed by atoms with Crippen molar-refractivity contribution in [2.75, 3.05) is 0 Å². The second kappa shape index (κ2) is 4.82. The molecule has 0 radical (unpaired) electrons. The van der Waals surface area contributed by atoms with Gasteiger partial charge in [0.25, 0.3) is 0 Å². The average molecular weight is 255 g/mol. The minimum Gasteiger partial charge on any atom is -0.292 e. The Morgan fingerprint density at radius 2 is 1.75 bits per heavy atom. The van der Waals surface area contributed by atoms with Gasteiger partial charge in [-0.3, -0.25) is 4.79 Å². The van der Waals surface area contributed by atoms with Crippen molar-refractivity contribution in [2.24, 2.45) is 0 Å². The van der Waals surface area contributed by atoms with Gasteiger partial charge in [-0.05, 0) is 17.7 Å². The lowest BCUT2D eigenvalue weighted by Gasteiger charge is -2.13. The van der Waals surface area contributed by atoms with Gasteiger partial charge in [-0.1, -0.05) is 23.7 Å². The molecule has 0 saturated heterocycles. The van der Waals surface area contributed by atoms with E-state index in [9.17, 15) is 22.4 Å². The Balaban J connectivity index is 2.75. The molecule has 0 aliphatic carbocycles. The largest absolute Gasteiger partial charge is 0.364 e. The zero-order valence-corrected chi connectivity index (χ0v) is 8.65. The minimum absolute atomic E-state index is 0.217. The van der Waals surface area contributed by atoms with Crippen molar-refractivity contribution in [3.63, 3.8) is 0 Å². The molecule has 0 aromatic heterocycles. The summed E-state index contributed by atoms with van der Waals surface area (Å²) in [5.74, 6) is -6.40. The van der Waals surface area contributed by atoms with Gasteiger partial charge >= 0.3 is 12.3 Å². The predicted octanol–water partition coefficient (Wildman–Crippen LogP) is 3.35. The van der Waals surface area contributed by atoms with Crippen LogP contribution in [0.15, 0.2) is 24.3 Å². The lowest BCUT2D eigenvalue weighted by molar-refractivity contribution is -0.166. The maximum absolute atomic E-state index is 12.6. The van der Waals surface area contributed by atoms with Crippen LogP contribution in [-0.2, 0) is 11.2 Å². The number of hydrogen-bond donors (Lipinski definition) is 0. The number of ketones is 1. The molecule has 0 aliphatic heterocycles. The van der Waals surface area contributed by atoms with Gasteiger partial charge in [-0.2, -0.15) is 8.78 Å². The fourth-order valence-corrected chi connectivity index (χ4v) is 1.15. The summed E-state index contributed by atoms with van der Waals surface area (Å²) in [6, 6.07) is 5.46. The molecule has 1 nitrogen and oxygen atoms in total. The van der Waals surface area contributed by atoms with Gasteiger partial charge in [-0.15, -0.1) is 0 Å². The summed E-state index contributed by atoms with van der Waals surface area (Å²) in [7, 11) is 0. The molecule has 1 aromatic carbocycles. The fraction of sp³-hybridized carbons (Fsp3) is 0.300. The molecule has 6 heteroatoms. The molecular weight excluding hydrogens is 248 g/mol. The summed E-state index contributed by atoms with van der Waals surface area (Å²) in [6.07, 6.45) is -4.72. The molecule has 1 rings (SSSR count). The van der Waals surface area contributed by atoms with E-state index in [0.29, 0.717) is 5.02 Å². The molecule has 0 spiro atoms. The third-order valence-corrected chi connectivity index (χ3v) is 2.18.